The second kappa shape index (κ2) is 9.58. The molecule has 0 saturated carbocycles. The van der Waals surface area contributed by atoms with Gasteiger partial charge in [0.1, 0.15) is 11.5 Å². The van der Waals surface area contributed by atoms with Gasteiger partial charge in [-0.3, -0.25) is 9.69 Å². The van der Waals surface area contributed by atoms with E-state index in [1.165, 1.54) is 0 Å². The van der Waals surface area contributed by atoms with Crippen molar-refractivity contribution in [2.24, 2.45) is 0 Å². The summed E-state index contributed by atoms with van der Waals surface area (Å²) in [6.07, 6.45) is 0. The third-order valence-corrected chi connectivity index (χ3v) is 4.16. The molecular weight excluding hydrogens is 352 g/mol. The van der Waals surface area contributed by atoms with Gasteiger partial charge in [-0.05, 0) is 49.0 Å². The average molecular weight is 376 g/mol. The summed E-state index contributed by atoms with van der Waals surface area (Å²) in [6.45, 7) is 0.936. The lowest BCUT2D eigenvalue weighted by atomic mass is 10.2. The maximum absolute atomic E-state index is 12.5. The van der Waals surface area contributed by atoms with Crippen molar-refractivity contribution in [3.05, 3.63) is 84.4 Å². The topological polar surface area (TPSA) is 50.8 Å². The molecule has 3 rings (SSSR count). The van der Waals surface area contributed by atoms with Crippen molar-refractivity contribution < 1.29 is 14.3 Å². The van der Waals surface area contributed by atoms with Gasteiger partial charge in [0, 0.05) is 6.54 Å². The Balaban J connectivity index is 1.58. The molecular formula is C23H24N2O3. The monoisotopic (exact) mass is 376 g/mol. The van der Waals surface area contributed by atoms with Gasteiger partial charge in [0.05, 0.1) is 19.3 Å². The molecule has 28 heavy (non-hydrogen) atoms. The van der Waals surface area contributed by atoms with E-state index < -0.39 is 0 Å². The molecule has 0 saturated heterocycles. The number of carbonyl (C=O) groups excluding carboxylic acids is 1. The number of ether oxygens (including phenoxy) is 2. The van der Waals surface area contributed by atoms with Crippen LogP contribution in [0.15, 0.2) is 78.9 Å². The molecule has 0 fully saturated rings. The van der Waals surface area contributed by atoms with Crippen LogP contribution < -0.4 is 14.8 Å². The molecule has 5 heteroatoms. The van der Waals surface area contributed by atoms with Gasteiger partial charge >= 0.3 is 0 Å². The number of benzene rings is 3. The summed E-state index contributed by atoms with van der Waals surface area (Å²) < 4.78 is 11.1. The van der Waals surface area contributed by atoms with Crippen LogP contribution >= 0.6 is 0 Å². The van der Waals surface area contributed by atoms with Gasteiger partial charge < -0.3 is 14.8 Å². The quantitative estimate of drug-likeness (QED) is 0.626. The number of hydrogen-bond donors (Lipinski definition) is 1. The molecule has 0 aromatic heterocycles. The summed E-state index contributed by atoms with van der Waals surface area (Å²) >= 11 is 0. The fourth-order valence-electron chi connectivity index (χ4n) is 2.81. The smallest absolute Gasteiger partial charge is 0.238 e. The van der Waals surface area contributed by atoms with Crippen LogP contribution in [0.2, 0.25) is 0 Å². The van der Waals surface area contributed by atoms with Crippen molar-refractivity contribution in [3.63, 3.8) is 0 Å². The van der Waals surface area contributed by atoms with Crippen LogP contribution in [0.5, 0.6) is 17.2 Å². The highest BCUT2D eigenvalue weighted by atomic mass is 16.5. The number of methoxy groups -OCH3 is 1. The molecule has 0 aliphatic rings. The van der Waals surface area contributed by atoms with Crippen molar-refractivity contribution in [3.8, 4) is 17.2 Å². The molecule has 1 amide bonds. The van der Waals surface area contributed by atoms with E-state index in [0.717, 1.165) is 17.1 Å². The molecule has 3 aromatic rings. The number of nitrogens with zero attached hydrogens (tertiary/aromatic N) is 1. The largest absolute Gasteiger partial charge is 0.497 e. The number of rotatable bonds is 8. The first-order valence-corrected chi connectivity index (χ1v) is 9.07. The third-order valence-electron chi connectivity index (χ3n) is 4.16. The Hall–Kier alpha value is -3.31. The molecule has 0 radical (unpaired) electrons. The molecule has 0 aliphatic carbocycles. The van der Waals surface area contributed by atoms with Gasteiger partial charge in [0.15, 0.2) is 5.75 Å². The minimum atomic E-state index is -0.0971. The summed E-state index contributed by atoms with van der Waals surface area (Å²) in [7, 11) is 3.56. The summed E-state index contributed by atoms with van der Waals surface area (Å²) in [5.74, 6) is 2.06. The number of likely N-dealkylation sites (N-methyl/N-ethyl adjacent to an activating group) is 1. The van der Waals surface area contributed by atoms with E-state index in [2.05, 4.69) is 5.32 Å². The number of para-hydroxylation sites is 3. The number of nitrogens with one attached hydrogen (secondary N) is 1. The van der Waals surface area contributed by atoms with Crippen LogP contribution in [0, 0.1) is 0 Å². The number of amides is 1. The van der Waals surface area contributed by atoms with Gasteiger partial charge in [0.25, 0.3) is 0 Å². The second-order valence-corrected chi connectivity index (χ2v) is 6.48. The fourth-order valence-corrected chi connectivity index (χ4v) is 2.81. The molecule has 0 unspecified atom stereocenters. The molecule has 0 aliphatic heterocycles. The van der Waals surface area contributed by atoms with Crippen LogP contribution in [0.4, 0.5) is 5.69 Å². The standard InChI is InChI=1S/C23H24N2O3/c1-25(16-18-12-14-19(27-2)15-13-18)17-23(26)24-21-10-6-7-11-22(21)28-20-8-4-3-5-9-20/h3-15H,16-17H2,1-2H3,(H,24,26). The predicted octanol–water partition coefficient (Wildman–Crippen LogP) is 4.56. The van der Waals surface area contributed by atoms with Crippen molar-refractivity contribution in [1.82, 2.24) is 4.90 Å². The molecule has 0 atom stereocenters. The lowest BCUT2D eigenvalue weighted by Gasteiger charge is -2.17. The lowest BCUT2D eigenvalue weighted by Crippen LogP contribution is -2.29. The maximum atomic E-state index is 12.5. The SMILES string of the molecule is COc1ccc(CN(C)CC(=O)Nc2ccccc2Oc2ccccc2)cc1. The van der Waals surface area contributed by atoms with E-state index in [1.807, 2.05) is 90.8 Å². The van der Waals surface area contributed by atoms with Gasteiger partial charge in [0.2, 0.25) is 5.91 Å². The van der Waals surface area contributed by atoms with E-state index >= 15 is 0 Å². The molecule has 1 N–H and O–H groups in total. The van der Waals surface area contributed by atoms with Crippen LogP contribution in [0.25, 0.3) is 0 Å². The minimum absolute atomic E-state index is 0.0971. The number of anilines is 1. The van der Waals surface area contributed by atoms with E-state index in [1.54, 1.807) is 7.11 Å². The Morgan fingerprint density at radius 3 is 2.29 bits per heavy atom. The molecule has 0 heterocycles. The maximum Gasteiger partial charge on any atom is 0.238 e. The van der Waals surface area contributed by atoms with E-state index in [9.17, 15) is 4.79 Å². The molecule has 3 aromatic carbocycles. The van der Waals surface area contributed by atoms with Crippen LogP contribution in [-0.2, 0) is 11.3 Å². The minimum Gasteiger partial charge on any atom is -0.497 e. The lowest BCUT2D eigenvalue weighted by molar-refractivity contribution is -0.117. The highest BCUT2D eigenvalue weighted by Gasteiger charge is 2.11. The highest BCUT2D eigenvalue weighted by molar-refractivity contribution is 5.93. The first kappa shape index (κ1) is 19.5. The summed E-state index contributed by atoms with van der Waals surface area (Å²) in [6, 6.07) is 24.7. The van der Waals surface area contributed by atoms with Gasteiger partial charge in [-0.2, -0.15) is 0 Å². The zero-order valence-corrected chi connectivity index (χ0v) is 16.1. The third kappa shape index (κ3) is 5.59. The van der Waals surface area contributed by atoms with Crippen LogP contribution in [0.3, 0.4) is 0 Å². The summed E-state index contributed by atoms with van der Waals surface area (Å²) in [5, 5.41) is 2.94. The summed E-state index contributed by atoms with van der Waals surface area (Å²) in [5.41, 5.74) is 1.76. The second-order valence-electron chi connectivity index (χ2n) is 6.48. The van der Waals surface area contributed by atoms with Crippen LogP contribution in [0.1, 0.15) is 5.56 Å². The Morgan fingerprint density at radius 1 is 0.893 bits per heavy atom. The Morgan fingerprint density at radius 2 is 1.57 bits per heavy atom. The van der Waals surface area contributed by atoms with E-state index in [4.69, 9.17) is 9.47 Å². The molecule has 0 spiro atoms. The number of hydrogen-bond acceptors (Lipinski definition) is 4. The van der Waals surface area contributed by atoms with Gasteiger partial charge in [-0.25, -0.2) is 0 Å². The molecule has 5 nitrogen and oxygen atoms in total. The van der Waals surface area contributed by atoms with Gasteiger partial charge in [-0.1, -0.05) is 42.5 Å². The Bertz CT molecular complexity index is 895. The normalized spacial score (nSPS) is 10.5. The first-order valence-electron chi connectivity index (χ1n) is 9.07. The molecule has 144 valence electrons. The van der Waals surface area contributed by atoms with E-state index in [-0.39, 0.29) is 12.5 Å². The zero-order chi connectivity index (χ0) is 19.8. The summed E-state index contributed by atoms with van der Waals surface area (Å²) in [4.78, 5) is 14.4. The van der Waals surface area contributed by atoms with E-state index in [0.29, 0.717) is 18.0 Å². The predicted molar refractivity (Wildman–Crippen MR) is 111 cm³/mol. The van der Waals surface area contributed by atoms with Crippen molar-refractivity contribution in [2.75, 3.05) is 26.0 Å². The zero-order valence-electron chi connectivity index (χ0n) is 16.1. The Labute approximate surface area is 165 Å². The Kier molecular flexibility index (Phi) is 6.65. The van der Waals surface area contributed by atoms with Gasteiger partial charge in [-0.15, -0.1) is 0 Å². The highest BCUT2D eigenvalue weighted by Crippen LogP contribution is 2.29. The van der Waals surface area contributed by atoms with Crippen molar-refractivity contribution >= 4 is 11.6 Å². The first-order chi connectivity index (χ1) is 13.6. The molecule has 0 bridgehead atoms. The van der Waals surface area contributed by atoms with Crippen LogP contribution in [-0.4, -0.2) is 31.5 Å². The van der Waals surface area contributed by atoms with Crippen molar-refractivity contribution in [2.45, 2.75) is 6.54 Å². The number of carbonyl (C=O) groups is 1. The fraction of sp³-hybridized carbons (Fsp3) is 0.174. The van der Waals surface area contributed by atoms with Crippen molar-refractivity contribution in [1.29, 1.82) is 0 Å². The average Bonchev–Trinajstić information content (AvgIpc) is 2.70.